The summed E-state index contributed by atoms with van der Waals surface area (Å²) in [6.45, 7) is 2.08. The van der Waals surface area contributed by atoms with Crippen LogP contribution in [0, 0.1) is 0 Å². The summed E-state index contributed by atoms with van der Waals surface area (Å²) in [7, 11) is -0.166. The van der Waals surface area contributed by atoms with Crippen LogP contribution in [0.5, 0.6) is 5.75 Å². The van der Waals surface area contributed by atoms with Gasteiger partial charge in [0.1, 0.15) is 5.75 Å². The summed E-state index contributed by atoms with van der Waals surface area (Å²) in [6.07, 6.45) is 2.02. The van der Waals surface area contributed by atoms with Gasteiger partial charge < -0.3 is 15.4 Å². The summed E-state index contributed by atoms with van der Waals surface area (Å²) in [6, 6.07) is 15.0. The zero-order valence-electron chi connectivity index (χ0n) is 15.9. The number of nitrogens with zero attached hydrogens (tertiary/aromatic N) is 1. The summed E-state index contributed by atoms with van der Waals surface area (Å²) in [4.78, 5) is 0. The molecule has 0 aliphatic rings. The van der Waals surface area contributed by atoms with E-state index in [9.17, 15) is 8.42 Å². The van der Waals surface area contributed by atoms with E-state index in [4.69, 9.17) is 17.0 Å². The van der Waals surface area contributed by atoms with Gasteiger partial charge in [-0.25, -0.2) is 8.42 Å². The van der Waals surface area contributed by atoms with E-state index < -0.39 is 10.0 Å². The molecule has 1 unspecified atom stereocenters. The zero-order chi connectivity index (χ0) is 20.0. The van der Waals surface area contributed by atoms with E-state index >= 15 is 0 Å². The third kappa shape index (κ3) is 5.83. The molecule has 6 nitrogen and oxygen atoms in total. The van der Waals surface area contributed by atoms with Gasteiger partial charge in [-0.2, -0.15) is 0 Å². The number of anilines is 2. The molecule has 0 aliphatic heterocycles. The fraction of sp³-hybridized carbons (Fsp3) is 0.316. The topological polar surface area (TPSA) is 70.7 Å². The minimum atomic E-state index is -3.32. The number of thiocarbonyl (C=S) groups is 1. The first-order chi connectivity index (χ1) is 12.7. The first-order valence-electron chi connectivity index (χ1n) is 8.50. The van der Waals surface area contributed by atoms with Gasteiger partial charge in [0, 0.05) is 12.7 Å². The predicted octanol–water partition coefficient (Wildman–Crippen LogP) is 3.53. The molecule has 0 amide bonds. The Morgan fingerprint density at radius 2 is 1.89 bits per heavy atom. The molecule has 2 N–H and O–H groups in total. The molecule has 0 bridgehead atoms. The molecule has 27 heavy (non-hydrogen) atoms. The maximum absolute atomic E-state index is 11.7. The first kappa shape index (κ1) is 21.0. The lowest BCUT2D eigenvalue weighted by molar-refractivity contribution is 0.414. The number of ether oxygens (including phenoxy) is 1. The van der Waals surface area contributed by atoms with Crippen LogP contribution in [0.1, 0.15) is 24.9 Å². The molecule has 2 aromatic rings. The SMILES string of the molecule is CCC(NC(=S)Nc1cccc(N(C)S(C)(=O)=O)c1)c1ccc(OC)cc1. The number of rotatable bonds is 7. The Hall–Kier alpha value is -2.32. The Morgan fingerprint density at radius 1 is 1.22 bits per heavy atom. The average molecular weight is 408 g/mol. The predicted molar refractivity (Wildman–Crippen MR) is 115 cm³/mol. The number of sulfonamides is 1. The second-order valence-electron chi connectivity index (χ2n) is 6.11. The largest absolute Gasteiger partial charge is 0.497 e. The van der Waals surface area contributed by atoms with Crippen molar-refractivity contribution in [2.24, 2.45) is 0 Å². The van der Waals surface area contributed by atoms with E-state index in [0.29, 0.717) is 16.5 Å². The molecule has 0 saturated heterocycles. The van der Waals surface area contributed by atoms with Crippen molar-refractivity contribution in [3.63, 3.8) is 0 Å². The Kier molecular flexibility index (Phi) is 7.04. The monoisotopic (exact) mass is 407 g/mol. The van der Waals surface area contributed by atoms with Crippen LogP contribution >= 0.6 is 12.2 Å². The molecule has 0 radical (unpaired) electrons. The number of benzene rings is 2. The van der Waals surface area contributed by atoms with Gasteiger partial charge >= 0.3 is 0 Å². The minimum absolute atomic E-state index is 0.0535. The lowest BCUT2D eigenvalue weighted by Crippen LogP contribution is -2.32. The Labute approximate surface area is 166 Å². The van der Waals surface area contributed by atoms with Crippen molar-refractivity contribution in [1.29, 1.82) is 0 Å². The molecule has 0 aliphatic carbocycles. The zero-order valence-corrected chi connectivity index (χ0v) is 17.5. The van der Waals surface area contributed by atoms with E-state index in [0.717, 1.165) is 17.7 Å². The van der Waals surface area contributed by atoms with Gasteiger partial charge in [-0.15, -0.1) is 0 Å². The van der Waals surface area contributed by atoms with E-state index in [1.54, 1.807) is 25.3 Å². The molecule has 0 saturated carbocycles. The lowest BCUT2D eigenvalue weighted by atomic mass is 10.0. The van der Waals surface area contributed by atoms with Crippen LogP contribution in [0.15, 0.2) is 48.5 Å². The van der Waals surface area contributed by atoms with Crippen molar-refractivity contribution in [3.05, 3.63) is 54.1 Å². The summed E-state index contributed by atoms with van der Waals surface area (Å²) < 4.78 is 29.8. The summed E-state index contributed by atoms with van der Waals surface area (Å²) in [5, 5.41) is 6.88. The Morgan fingerprint density at radius 3 is 2.44 bits per heavy atom. The van der Waals surface area contributed by atoms with Crippen molar-refractivity contribution < 1.29 is 13.2 Å². The van der Waals surface area contributed by atoms with Gasteiger partial charge in [0.2, 0.25) is 10.0 Å². The van der Waals surface area contributed by atoms with E-state index in [1.807, 2.05) is 30.3 Å². The van der Waals surface area contributed by atoms with Gasteiger partial charge in [-0.05, 0) is 54.5 Å². The number of nitrogens with one attached hydrogen (secondary N) is 2. The Bertz CT molecular complexity index is 883. The summed E-state index contributed by atoms with van der Waals surface area (Å²) in [5.41, 5.74) is 2.38. The molecule has 2 aromatic carbocycles. The highest BCUT2D eigenvalue weighted by Gasteiger charge is 2.14. The van der Waals surface area contributed by atoms with Crippen LogP contribution < -0.4 is 19.7 Å². The van der Waals surface area contributed by atoms with Crippen LogP contribution in [0.3, 0.4) is 0 Å². The van der Waals surface area contributed by atoms with Crippen LogP contribution in [0.2, 0.25) is 0 Å². The van der Waals surface area contributed by atoms with Crippen molar-refractivity contribution in [1.82, 2.24) is 5.32 Å². The second-order valence-corrected chi connectivity index (χ2v) is 8.54. The van der Waals surface area contributed by atoms with Crippen molar-refractivity contribution in [2.45, 2.75) is 19.4 Å². The fourth-order valence-corrected chi connectivity index (χ4v) is 3.31. The number of methoxy groups -OCH3 is 1. The van der Waals surface area contributed by atoms with E-state index in [2.05, 4.69) is 17.6 Å². The van der Waals surface area contributed by atoms with Gasteiger partial charge in [-0.1, -0.05) is 25.1 Å². The van der Waals surface area contributed by atoms with Crippen LogP contribution in [0.25, 0.3) is 0 Å². The molecule has 0 fully saturated rings. The highest BCUT2D eigenvalue weighted by molar-refractivity contribution is 7.92. The van der Waals surface area contributed by atoms with Crippen LogP contribution in [-0.2, 0) is 10.0 Å². The van der Waals surface area contributed by atoms with Crippen LogP contribution in [-0.4, -0.2) is 33.9 Å². The van der Waals surface area contributed by atoms with E-state index in [-0.39, 0.29) is 6.04 Å². The smallest absolute Gasteiger partial charge is 0.231 e. The Balaban J connectivity index is 2.07. The van der Waals surface area contributed by atoms with Gasteiger partial charge in [-0.3, -0.25) is 4.31 Å². The molecule has 0 spiro atoms. The molecule has 0 heterocycles. The van der Waals surface area contributed by atoms with Crippen molar-refractivity contribution in [2.75, 3.05) is 30.0 Å². The third-order valence-corrected chi connectivity index (χ3v) is 5.62. The molecule has 2 rings (SSSR count). The maximum atomic E-state index is 11.7. The van der Waals surface area contributed by atoms with Crippen molar-refractivity contribution >= 4 is 38.7 Å². The molecular weight excluding hydrogens is 382 g/mol. The standard InChI is InChI=1S/C19H25N3O3S2/c1-5-18(14-9-11-17(25-3)12-10-14)21-19(26)20-15-7-6-8-16(13-15)22(2)27(4,23)24/h6-13,18H,5H2,1-4H3,(H2,20,21,26). The highest BCUT2D eigenvalue weighted by Crippen LogP contribution is 2.22. The normalized spacial score (nSPS) is 12.1. The fourth-order valence-electron chi connectivity index (χ4n) is 2.55. The minimum Gasteiger partial charge on any atom is -0.497 e. The molecule has 146 valence electrons. The number of hydrogen-bond donors (Lipinski definition) is 2. The summed E-state index contributed by atoms with van der Waals surface area (Å²) in [5.74, 6) is 0.807. The molecule has 0 aromatic heterocycles. The quantitative estimate of drug-likeness (QED) is 0.684. The highest BCUT2D eigenvalue weighted by atomic mass is 32.2. The third-order valence-electron chi connectivity index (χ3n) is 4.20. The van der Waals surface area contributed by atoms with E-state index in [1.165, 1.54) is 17.6 Å². The van der Waals surface area contributed by atoms with Crippen molar-refractivity contribution in [3.8, 4) is 5.75 Å². The number of hydrogen-bond acceptors (Lipinski definition) is 4. The average Bonchev–Trinajstić information content (AvgIpc) is 2.65. The summed E-state index contributed by atoms with van der Waals surface area (Å²) >= 11 is 5.43. The van der Waals surface area contributed by atoms with Gasteiger partial charge in [0.05, 0.1) is 25.1 Å². The molecule has 1 atom stereocenters. The molecule has 8 heteroatoms. The van der Waals surface area contributed by atoms with Gasteiger partial charge in [0.15, 0.2) is 5.11 Å². The second kappa shape index (κ2) is 9.05. The lowest BCUT2D eigenvalue weighted by Gasteiger charge is -2.21. The van der Waals surface area contributed by atoms with Gasteiger partial charge in [0.25, 0.3) is 0 Å². The van der Waals surface area contributed by atoms with Crippen LogP contribution in [0.4, 0.5) is 11.4 Å². The first-order valence-corrected chi connectivity index (χ1v) is 10.8. The molecular formula is C19H25N3O3S2. The maximum Gasteiger partial charge on any atom is 0.231 e.